The van der Waals surface area contributed by atoms with Crippen LogP contribution < -0.4 is 0 Å². The molecule has 8 heteroatoms. The van der Waals surface area contributed by atoms with Gasteiger partial charge in [-0.25, -0.2) is 4.79 Å². The standard InChI is InChI=1S/C28H43NO6Si/c1-10-32-25(30)18-21(19-34-36(8,9)28(5,6)7)16-17-24-29(26(31)35-27(2,3)4)23(20-33-24)22-14-12-11-13-15-22/h11-15,17,23-24H,10,18-20H2,1-9H3/t16?,23-,24+/m0/s1. The molecule has 200 valence electrons. The molecule has 1 aliphatic rings. The average molecular weight is 518 g/mol. The zero-order valence-electron chi connectivity index (χ0n) is 23.3. The van der Waals surface area contributed by atoms with Crippen molar-refractivity contribution < 1.29 is 28.2 Å². The highest BCUT2D eigenvalue weighted by Crippen LogP contribution is 2.37. The van der Waals surface area contributed by atoms with Crippen molar-refractivity contribution >= 4 is 20.4 Å². The van der Waals surface area contributed by atoms with Gasteiger partial charge in [-0.1, -0.05) is 51.1 Å². The molecular weight excluding hydrogens is 474 g/mol. The summed E-state index contributed by atoms with van der Waals surface area (Å²) >= 11 is 0. The van der Waals surface area contributed by atoms with E-state index < -0.39 is 26.2 Å². The van der Waals surface area contributed by atoms with Gasteiger partial charge >= 0.3 is 12.1 Å². The van der Waals surface area contributed by atoms with Crippen LogP contribution in [0, 0.1) is 0 Å². The topological polar surface area (TPSA) is 74.3 Å². The van der Waals surface area contributed by atoms with Crippen LogP contribution in [0.1, 0.15) is 66.5 Å². The summed E-state index contributed by atoms with van der Waals surface area (Å²) in [7, 11) is -2.05. The molecule has 0 N–H and O–H groups in total. The van der Waals surface area contributed by atoms with E-state index in [1.165, 1.54) is 0 Å². The number of carbonyl (C=O) groups excluding carboxylic acids is 2. The Kier molecular flexibility index (Phi) is 10.1. The third-order valence-electron chi connectivity index (χ3n) is 6.33. The predicted molar refractivity (Wildman–Crippen MR) is 143 cm³/mol. The van der Waals surface area contributed by atoms with Gasteiger partial charge in [-0.15, -0.1) is 5.73 Å². The summed E-state index contributed by atoms with van der Waals surface area (Å²) in [6.07, 6.45) is 0.563. The number of carbonyl (C=O) groups is 2. The first-order valence-corrected chi connectivity index (χ1v) is 15.5. The number of benzene rings is 1. The lowest BCUT2D eigenvalue weighted by atomic mass is 10.1. The Morgan fingerprint density at radius 1 is 1.14 bits per heavy atom. The zero-order chi connectivity index (χ0) is 27.1. The summed E-state index contributed by atoms with van der Waals surface area (Å²) in [6, 6.07) is 9.42. The largest absolute Gasteiger partial charge is 0.466 e. The molecule has 0 unspecified atom stereocenters. The second kappa shape index (κ2) is 12.2. The van der Waals surface area contributed by atoms with Gasteiger partial charge in [0.2, 0.25) is 0 Å². The minimum Gasteiger partial charge on any atom is -0.466 e. The van der Waals surface area contributed by atoms with E-state index in [9.17, 15) is 9.59 Å². The molecule has 0 aromatic heterocycles. The third-order valence-corrected chi connectivity index (χ3v) is 10.8. The second-order valence-electron chi connectivity index (χ2n) is 11.5. The molecule has 1 aromatic carbocycles. The molecule has 0 radical (unpaired) electrons. The second-order valence-corrected chi connectivity index (χ2v) is 16.3. The van der Waals surface area contributed by atoms with Gasteiger partial charge in [0.05, 0.1) is 32.3 Å². The number of amides is 1. The number of ether oxygens (including phenoxy) is 3. The van der Waals surface area contributed by atoms with Crippen molar-refractivity contribution in [2.24, 2.45) is 0 Å². The maximum atomic E-state index is 13.2. The molecule has 1 amide bonds. The highest BCUT2D eigenvalue weighted by Gasteiger charge is 2.40. The van der Waals surface area contributed by atoms with Gasteiger partial charge in [0, 0.05) is 11.6 Å². The monoisotopic (exact) mass is 517 g/mol. The van der Waals surface area contributed by atoms with Crippen molar-refractivity contribution in [3.05, 3.63) is 53.3 Å². The number of rotatable bonds is 8. The first-order valence-electron chi connectivity index (χ1n) is 12.6. The van der Waals surface area contributed by atoms with Gasteiger partial charge < -0.3 is 18.6 Å². The van der Waals surface area contributed by atoms with E-state index in [1.807, 2.05) is 51.1 Å². The third kappa shape index (κ3) is 8.63. The summed E-state index contributed by atoms with van der Waals surface area (Å²) in [5, 5.41) is 0.0245. The van der Waals surface area contributed by atoms with E-state index in [2.05, 4.69) is 39.6 Å². The lowest BCUT2D eigenvalue weighted by molar-refractivity contribution is -0.142. The van der Waals surface area contributed by atoms with E-state index in [-0.39, 0.29) is 30.1 Å². The van der Waals surface area contributed by atoms with Gasteiger partial charge in [0.25, 0.3) is 0 Å². The first-order chi connectivity index (χ1) is 16.6. The fourth-order valence-electron chi connectivity index (χ4n) is 3.34. The van der Waals surface area contributed by atoms with Crippen LogP contribution >= 0.6 is 0 Å². The van der Waals surface area contributed by atoms with Crippen molar-refractivity contribution in [2.75, 3.05) is 19.8 Å². The van der Waals surface area contributed by atoms with Crippen molar-refractivity contribution in [1.82, 2.24) is 4.90 Å². The minimum absolute atomic E-state index is 0.0245. The number of hydrogen-bond acceptors (Lipinski definition) is 6. The summed E-state index contributed by atoms with van der Waals surface area (Å²) in [5.74, 6) is -0.342. The molecule has 1 heterocycles. The van der Waals surface area contributed by atoms with Crippen LogP contribution in [0.4, 0.5) is 4.79 Å². The molecule has 1 saturated heterocycles. The Balaban J connectivity index is 2.38. The maximum Gasteiger partial charge on any atom is 0.413 e. The van der Waals surface area contributed by atoms with Crippen LogP contribution in [-0.4, -0.2) is 56.9 Å². The highest BCUT2D eigenvalue weighted by molar-refractivity contribution is 6.74. The molecule has 0 spiro atoms. The van der Waals surface area contributed by atoms with Crippen LogP contribution in [0.2, 0.25) is 18.1 Å². The summed E-state index contributed by atoms with van der Waals surface area (Å²) in [5.41, 5.74) is 4.15. The number of hydrogen-bond donors (Lipinski definition) is 0. The summed E-state index contributed by atoms with van der Waals surface area (Å²) in [4.78, 5) is 27.1. The number of nitrogens with zero attached hydrogens (tertiary/aromatic N) is 1. The Labute approximate surface area is 217 Å². The summed E-state index contributed by atoms with van der Waals surface area (Å²) < 4.78 is 23.2. The number of esters is 1. The Morgan fingerprint density at radius 2 is 1.78 bits per heavy atom. The van der Waals surface area contributed by atoms with Crippen LogP contribution in [-0.2, 0) is 23.4 Å². The lowest BCUT2D eigenvalue weighted by Crippen LogP contribution is -2.41. The van der Waals surface area contributed by atoms with Crippen LogP contribution in [0.5, 0.6) is 0 Å². The minimum atomic E-state index is -2.05. The quantitative estimate of drug-likeness (QED) is 0.226. The van der Waals surface area contributed by atoms with E-state index in [0.717, 1.165) is 5.56 Å². The smallest absolute Gasteiger partial charge is 0.413 e. The van der Waals surface area contributed by atoms with Crippen molar-refractivity contribution in [3.63, 3.8) is 0 Å². The van der Waals surface area contributed by atoms with Crippen LogP contribution in [0.3, 0.4) is 0 Å². The van der Waals surface area contributed by atoms with E-state index >= 15 is 0 Å². The molecule has 1 aliphatic heterocycles. The van der Waals surface area contributed by atoms with Gasteiger partial charge in [0.1, 0.15) is 5.60 Å². The van der Waals surface area contributed by atoms with Gasteiger partial charge in [0.15, 0.2) is 14.5 Å². The Bertz CT molecular complexity index is 954. The van der Waals surface area contributed by atoms with Gasteiger partial charge in [-0.2, -0.15) is 0 Å². The Hall–Kier alpha value is -2.38. The lowest BCUT2D eigenvalue weighted by Gasteiger charge is -2.36. The van der Waals surface area contributed by atoms with Crippen molar-refractivity contribution in [2.45, 2.75) is 90.9 Å². The fourth-order valence-corrected chi connectivity index (χ4v) is 4.31. The fraction of sp³-hybridized carbons (Fsp3) is 0.607. The molecule has 7 nitrogen and oxygen atoms in total. The van der Waals surface area contributed by atoms with Crippen LogP contribution in [0.25, 0.3) is 0 Å². The van der Waals surface area contributed by atoms with Gasteiger partial charge in [-0.05, 0) is 51.4 Å². The van der Waals surface area contributed by atoms with Gasteiger partial charge in [-0.3, -0.25) is 9.69 Å². The highest BCUT2D eigenvalue weighted by atomic mass is 28.4. The molecule has 1 aromatic rings. The van der Waals surface area contributed by atoms with Crippen molar-refractivity contribution in [3.8, 4) is 0 Å². The molecule has 0 saturated carbocycles. The van der Waals surface area contributed by atoms with E-state index in [1.54, 1.807) is 17.9 Å². The normalized spacial score (nSPS) is 18.4. The first kappa shape index (κ1) is 29.8. The van der Waals surface area contributed by atoms with E-state index in [4.69, 9.17) is 18.6 Å². The SMILES string of the molecule is CCOC(=O)CC(=C=C[C@H]1OC[C@@H](c2ccccc2)N1C(=O)OC(C)(C)C)CO[Si](C)(C)C(C)(C)C. The molecule has 1 fully saturated rings. The maximum absolute atomic E-state index is 13.2. The predicted octanol–water partition coefficient (Wildman–Crippen LogP) is 6.38. The Morgan fingerprint density at radius 3 is 2.33 bits per heavy atom. The van der Waals surface area contributed by atoms with Crippen LogP contribution in [0.15, 0.2) is 47.7 Å². The molecular formula is C28H43NO6Si. The van der Waals surface area contributed by atoms with E-state index in [0.29, 0.717) is 18.8 Å². The molecule has 0 aliphatic carbocycles. The molecule has 0 bridgehead atoms. The average Bonchev–Trinajstić information content (AvgIpc) is 3.18. The molecule has 2 atom stereocenters. The molecule has 36 heavy (non-hydrogen) atoms. The molecule has 2 rings (SSSR count). The summed E-state index contributed by atoms with van der Waals surface area (Å²) in [6.45, 7) is 19.0. The zero-order valence-corrected chi connectivity index (χ0v) is 24.3. The van der Waals surface area contributed by atoms with Crippen molar-refractivity contribution in [1.29, 1.82) is 0 Å².